The molecule has 0 aromatic heterocycles. The second-order valence-electron chi connectivity index (χ2n) is 6.11. The molecule has 1 aromatic rings. The Labute approximate surface area is 149 Å². The van der Waals surface area contributed by atoms with E-state index >= 15 is 0 Å². The average Bonchev–Trinajstić information content (AvgIpc) is 3.09. The van der Waals surface area contributed by atoms with Crippen molar-refractivity contribution in [2.75, 3.05) is 18.4 Å². The van der Waals surface area contributed by atoms with Crippen molar-refractivity contribution in [3.63, 3.8) is 0 Å². The van der Waals surface area contributed by atoms with Gasteiger partial charge in [0, 0.05) is 18.8 Å². The van der Waals surface area contributed by atoms with Crippen molar-refractivity contribution in [3.05, 3.63) is 29.8 Å². The summed E-state index contributed by atoms with van der Waals surface area (Å²) in [5.41, 5.74) is 2.12. The number of anilines is 1. The van der Waals surface area contributed by atoms with Crippen molar-refractivity contribution >= 4 is 39.9 Å². The van der Waals surface area contributed by atoms with E-state index in [1.54, 1.807) is 0 Å². The maximum absolute atomic E-state index is 12.5. The molecule has 3 nitrogen and oxygen atoms in total. The summed E-state index contributed by atoms with van der Waals surface area (Å²) in [5, 5.41) is 2.90. The van der Waals surface area contributed by atoms with Crippen LogP contribution in [-0.4, -0.2) is 33.5 Å². The largest absolute Gasteiger partial charge is 0.358 e. The number of para-hydroxylation sites is 1. The van der Waals surface area contributed by atoms with Gasteiger partial charge in [0.15, 0.2) is 0 Å². The number of nitrogens with one attached hydrogen (secondary N) is 1. The van der Waals surface area contributed by atoms with E-state index in [0.29, 0.717) is 5.92 Å². The Balaban J connectivity index is 1.97. The number of nitrogens with zero attached hydrogens (tertiary/aromatic N) is 1. The summed E-state index contributed by atoms with van der Waals surface area (Å²) in [5.74, 6) is 0.451. The molecule has 23 heavy (non-hydrogen) atoms. The van der Waals surface area contributed by atoms with Crippen LogP contribution in [-0.2, 0) is 4.79 Å². The maximum Gasteiger partial charge on any atom is 0.237 e. The fourth-order valence-corrected chi connectivity index (χ4v) is 4.09. The molecule has 1 aliphatic heterocycles. The number of carbonyl (C=O) groups excluding carboxylic acids is 1. The van der Waals surface area contributed by atoms with E-state index in [1.165, 1.54) is 30.2 Å². The summed E-state index contributed by atoms with van der Waals surface area (Å²) in [7, 11) is 0. The van der Waals surface area contributed by atoms with E-state index in [2.05, 4.69) is 30.1 Å². The summed E-state index contributed by atoms with van der Waals surface area (Å²) in [6.45, 7) is 8.32. The van der Waals surface area contributed by atoms with Crippen LogP contribution in [0.25, 0.3) is 0 Å². The van der Waals surface area contributed by atoms with Gasteiger partial charge in [-0.1, -0.05) is 56.0 Å². The number of thiocarbonyl (C=S) groups is 1. The fraction of sp³-hybridized carbons (Fsp3) is 0.556. The number of hydrogen-bond acceptors (Lipinski definition) is 3. The molecule has 1 fully saturated rings. The molecule has 2 rings (SSSR count). The number of thioether (sulfide) groups is 1. The Morgan fingerprint density at radius 1 is 1.30 bits per heavy atom. The van der Waals surface area contributed by atoms with Gasteiger partial charge in [-0.05, 0) is 43.7 Å². The molecule has 0 aliphatic carbocycles. The van der Waals surface area contributed by atoms with E-state index < -0.39 is 0 Å². The van der Waals surface area contributed by atoms with Crippen LogP contribution in [0.3, 0.4) is 0 Å². The molecule has 1 N–H and O–H groups in total. The molecule has 1 aliphatic rings. The van der Waals surface area contributed by atoms with Gasteiger partial charge >= 0.3 is 0 Å². The Morgan fingerprint density at radius 2 is 1.96 bits per heavy atom. The van der Waals surface area contributed by atoms with Crippen molar-refractivity contribution in [3.8, 4) is 0 Å². The van der Waals surface area contributed by atoms with Gasteiger partial charge < -0.3 is 10.2 Å². The summed E-state index contributed by atoms with van der Waals surface area (Å²) < 4.78 is 0.848. The molecular weight excluding hydrogens is 324 g/mol. The summed E-state index contributed by atoms with van der Waals surface area (Å²) >= 11 is 6.96. The highest BCUT2D eigenvalue weighted by atomic mass is 32.2. The third-order valence-electron chi connectivity index (χ3n) is 4.37. The van der Waals surface area contributed by atoms with E-state index in [0.717, 1.165) is 29.5 Å². The van der Waals surface area contributed by atoms with E-state index in [4.69, 9.17) is 12.2 Å². The van der Waals surface area contributed by atoms with Crippen molar-refractivity contribution in [2.45, 2.75) is 51.2 Å². The molecule has 0 saturated carbocycles. The molecule has 0 unspecified atom stereocenters. The lowest BCUT2D eigenvalue weighted by molar-refractivity contribution is -0.115. The molecular formula is C18H26N2OS2. The van der Waals surface area contributed by atoms with Crippen LogP contribution in [0.2, 0.25) is 0 Å². The minimum atomic E-state index is -0.187. The van der Waals surface area contributed by atoms with Gasteiger partial charge in [0.2, 0.25) is 5.91 Å². The Morgan fingerprint density at radius 3 is 2.61 bits per heavy atom. The third-order valence-corrected chi connectivity index (χ3v) is 5.95. The van der Waals surface area contributed by atoms with Crippen LogP contribution in [0, 0.1) is 0 Å². The molecule has 1 aromatic carbocycles. The normalized spacial score (nSPS) is 16.9. The highest BCUT2D eigenvalue weighted by molar-refractivity contribution is 8.23. The average molecular weight is 351 g/mol. The fourth-order valence-electron chi connectivity index (χ4n) is 2.67. The number of carbonyl (C=O) groups is 1. The lowest BCUT2D eigenvalue weighted by atomic mass is 9.97. The minimum absolute atomic E-state index is 0.0206. The summed E-state index contributed by atoms with van der Waals surface area (Å²) in [6, 6.07) is 8.07. The topological polar surface area (TPSA) is 32.3 Å². The Kier molecular flexibility index (Phi) is 6.90. The predicted molar refractivity (Wildman–Crippen MR) is 104 cm³/mol. The lowest BCUT2D eigenvalue weighted by Gasteiger charge is -2.21. The summed E-state index contributed by atoms with van der Waals surface area (Å²) in [4.78, 5) is 14.7. The number of amides is 1. The predicted octanol–water partition coefficient (Wildman–Crippen LogP) is 4.64. The molecule has 0 spiro atoms. The van der Waals surface area contributed by atoms with Gasteiger partial charge in [-0.15, -0.1) is 0 Å². The standard InChI is InChI=1S/C18H26N2OS2/c1-4-13(2)15-9-5-6-10-16(15)19-17(21)14(3)23-18(22)20-11-7-8-12-20/h5-6,9-10,13-14H,4,7-8,11-12H2,1-3H3,(H,19,21)/t13-,14-/m0/s1. The zero-order valence-corrected chi connectivity index (χ0v) is 15.8. The van der Waals surface area contributed by atoms with Crippen LogP contribution in [0.1, 0.15) is 51.5 Å². The molecule has 1 saturated heterocycles. The number of benzene rings is 1. The smallest absolute Gasteiger partial charge is 0.237 e. The van der Waals surface area contributed by atoms with Gasteiger partial charge in [-0.25, -0.2) is 0 Å². The quantitative estimate of drug-likeness (QED) is 0.784. The summed E-state index contributed by atoms with van der Waals surface area (Å²) in [6.07, 6.45) is 3.45. The molecule has 1 amide bonds. The highest BCUT2D eigenvalue weighted by Gasteiger charge is 2.22. The van der Waals surface area contributed by atoms with Crippen LogP contribution < -0.4 is 5.32 Å². The second kappa shape index (κ2) is 8.69. The van der Waals surface area contributed by atoms with Crippen molar-refractivity contribution in [1.29, 1.82) is 0 Å². The van der Waals surface area contributed by atoms with E-state index in [1.807, 2.05) is 25.1 Å². The zero-order chi connectivity index (χ0) is 16.8. The third kappa shape index (κ3) is 4.95. The first kappa shape index (κ1) is 18.3. The van der Waals surface area contributed by atoms with Gasteiger partial charge in [0.25, 0.3) is 0 Å². The van der Waals surface area contributed by atoms with Gasteiger partial charge in [-0.2, -0.15) is 0 Å². The SMILES string of the molecule is CC[C@H](C)c1ccccc1NC(=O)[C@H](C)SC(=S)N1CCCC1. The minimum Gasteiger partial charge on any atom is -0.358 e. The van der Waals surface area contributed by atoms with Gasteiger partial charge in [0.05, 0.1) is 5.25 Å². The molecule has 5 heteroatoms. The highest BCUT2D eigenvalue weighted by Crippen LogP contribution is 2.27. The molecule has 0 bridgehead atoms. The monoisotopic (exact) mass is 350 g/mol. The number of rotatable bonds is 5. The first-order chi connectivity index (χ1) is 11.0. The van der Waals surface area contributed by atoms with Crippen molar-refractivity contribution < 1.29 is 4.79 Å². The van der Waals surface area contributed by atoms with Crippen molar-refractivity contribution in [2.24, 2.45) is 0 Å². The van der Waals surface area contributed by atoms with Crippen molar-refractivity contribution in [1.82, 2.24) is 4.90 Å². The Hall–Kier alpha value is -1.07. The van der Waals surface area contributed by atoms with Crippen LogP contribution in [0.15, 0.2) is 24.3 Å². The Bertz CT molecular complexity index is 556. The van der Waals surface area contributed by atoms with Crippen LogP contribution in [0.4, 0.5) is 5.69 Å². The van der Waals surface area contributed by atoms with Gasteiger partial charge in [0.1, 0.15) is 4.32 Å². The van der Waals surface area contributed by atoms with Gasteiger partial charge in [-0.3, -0.25) is 4.79 Å². The molecule has 126 valence electrons. The lowest BCUT2D eigenvalue weighted by Crippen LogP contribution is -2.29. The molecule has 2 atom stereocenters. The van der Waals surface area contributed by atoms with E-state index in [9.17, 15) is 4.79 Å². The first-order valence-corrected chi connectivity index (χ1v) is 9.67. The number of hydrogen-bond donors (Lipinski definition) is 1. The molecule has 0 radical (unpaired) electrons. The molecule has 1 heterocycles. The zero-order valence-electron chi connectivity index (χ0n) is 14.2. The maximum atomic E-state index is 12.5. The van der Waals surface area contributed by atoms with Crippen LogP contribution >= 0.6 is 24.0 Å². The first-order valence-electron chi connectivity index (χ1n) is 8.38. The van der Waals surface area contributed by atoms with E-state index in [-0.39, 0.29) is 11.2 Å². The van der Waals surface area contributed by atoms with Crippen LogP contribution in [0.5, 0.6) is 0 Å². The number of likely N-dealkylation sites (tertiary alicyclic amines) is 1. The second-order valence-corrected chi connectivity index (χ2v) is 8.08.